The van der Waals surface area contributed by atoms with Crippen molar-refractivity contribution < 1.29 is 14.7 Å². The van der Waals surface area contributed by atoms with Gasteiger partial charge in [0.05, 0.1) is 5.71 Å². The number of nitrogens with one attached hydrogen (secondary N) is 1. The van der Waals surface area contributed by atoms with Gasteiger partial charge >= 0.3 is 0 Å². The number of carbonyl (C=O) groups is 1. The van der Waals surface area contributed by atoms with Gasteiger partial charge in [-0.15, -0.1) is 0 Å². The molecule has 2 aromatic rings. The predicted molar refractivity (Wildman–Crippen MR) is 108 cm³/mol. The summed E-state index contributed by atoms with van der Waals surface area (Å²) in [5.41, 5.74) is 2.62. The van der Waals surface area contributed by atoms with Crippen LogP contribution in [0.5, 0.6) is 5.75 Å². The fourth-order valence-electron chi connectivity index (χ4n) is 2.80. The van der Waals surface area contributed by atoms with Gasteiger partial charge in [0.2, 0.25) is 0 Å². The zero-order valence-electron chi connectivity index (χ0n) is 16.0. The Morgan fingerprint density at radius 2 is 1.85 bits per heavy atom. The SMILES string of the molecule is CCC(C)c1ccccc1OCC(=O)NCCC/C(=N/O)c1ccccc1. The van der Waals surface area contributed by atoms with Crippen molar-refractivity contribution in [2.75, 3.05) is 13.2 Å². The summed E-state index contributed by atoms with van der Waals surface area (Å²) in [6.45, 7) is 4.77. The molecule has 0 aliphatic carbocycles. The smallest absolute Gasteiger partial charge is 0.257 e. The van der Waals surface area contributed by atoms with Gasteiger partial charge in [-0.05, 0) is 42.4 Å². The summed E-state index contributed by atoms with van der Waals surface area (Å²) in [5, 5.41) is 15.4. The summed E-state index contributed by atoms with van der Waals surface area (Å²) in [6, 6.07) is 17.4. The van der Waals surface area contributed by atoms with Crippen LogP contribution < -0.4 is 10.1 Å². The van der Waals surface area contributed by atoms with Crippen molar-refractivity contribution in [3.05, 3.63) is 65.7 Å². The first-order valence-corrected chi connectivity index (χ1v) is 9.40. The van der Waals surface area contributed by atoms with Crippen LogP contribution in [-0.2, 0) is 4.79 Å². The average molecular weight is 368 g/mol. The van der Waals surface area contributed by atoms with Crippen LogP contribution in [-0.4, -0.2) is 30.0 Å². The molecule has 0 saturated heterocycles. The van der Waals surface area contributed by atoms with Crippen LogP contribution in [0.15, 0.2) is 59.8 Å². The van der Waals surface area contributed by atoms with E-state index < -0.39 is 0 Å². The Morgan fingerprint density at radius 3 is 2.56 bits per heavy atom. The fraction of sp³-hybridized carbons (Fsp3) is 0.364. The lowest BCUT2D eigenvalue weighted by molar-refractivity contribution is -0.123. The number of hydrogen-bond acceptors (Lipinski definition) is 4. The normalized spacial score (nSPS) is 12.4. The summed E-state index contributed by atoms with van der Waals surface area (Å²) < 4.78 is 5.71. The average Bonchev–Trinajstić information content (AvgIpc) is 2.72. The van der Waals surface area contributed by atoms with Gasteiger partial charge in [-0.1, -0.05) is 67.5 Å². The second kappa shape index (κ2) is 11.0. The van der Waals surface area contributed by atoms with E-state index in [2.05, 4.69) is 24.3 Å². The van der Waals surface area contributed by atoms with Gasteiger partial charge in [0, 0.05) is 6.54 Å². The zero-order chi connectivity index (χ0) is 19.5. The molecule has 0 aliphatic rings. The predicted octanol–water partition coefficient (Wildman–Crippen LogP) is 4.35. The van der Waals surface area contributed by atoms with Gasteiger partial charge in [0.15, 0.2) is 6.61 Å². The number of nitrogens with zero attached hydrogens (tertiary/aromatic N) is 1. The highest BCUT2D eigenvalue weighted by atomic mass is 16.5. The third-order valence-corrected chi connectivity index (χ3v) is 4.56. The third kappa shape index (κ3) is 6.44. The third-order valence-electron chi connectivity index (χ3n) is 4.56. The quantitative estimate of drug-likeness (QED) is 0.283. The molecule has 2 aromatic carbocycles. The first-order chi connectivity index (χ1) is 13.2. The van der Waals surface area contributed by atoms with Gasteiger partial charge in [-0.25, -0.2) is 0 Å². The van der Waals surface area contributed by atoms with E-state index >= 15 is 0 Å². The molecule has 0 saturated carbocycles. The molecule has 5 nitrogen and oxygen atoms in total. The van der Waals surface area contributed by atoms with Crippen LogP contribution in [0.2, 0.25) is 0 Å². The second-order valence-electron chi connectivity index (χ2n) is 6.50. The van der Waals surface area contributed by atoms with Crippen molar-refractivity contribution in [3.8, 4) is 5.75 Å². The van der Waals surface area contributed by atoms with Gasteiger partial charge in [-0.2, -0.15) is 0 Å². The lowest BCUT2D eigenvalue weighted by Gasteiger charge is -2.15. The minimum atomic E-state index is -0.156. The van der Waals surface area contributed by atoms with E-state index in [9.17, 15) is 4.79 Å². The van der Waals surface area contributed by atoms with Crippen molar-refractivity contribution in [3.63, 3.8) is 0 Å². The highest BCUT2D eigenvalue weighted by Crippen LogP contribution is 2.28. The molecule has 0 spiro atoms. The van der Waals surface area contributed by atoms with E-state index in [1.54, 1.807) is 0 Å². The largest absolute Gasteiger partial charge is 0.483 e. The van der Waals surface area contributed by atoms with Crippen molar-refractivity contribution >= 4 is 11.6 Å². The molecule has 0 bridgehead atoms. The molecule has 1 atom stereocenters. The molecule has 144 valence electrons. The van der Waals surface area contributed by atoms with Crippen LogP contribution >= 0.6 is 0 Å². The maximum atomic E-state index is 12.0. The number of hydrogen-bond donors (Lipinski definition) is 2. The summed E-state index contributed by atoms with van der Waals surface area (Å²) in [6.07, 6.45) is 2.28. The standard InChI is InChI=1S/C22H28N2O3/c1-3-17(2)19-12-7-8-14-21(19)27-16-22(25)23-15-9-13-20(24-26)18-10-5-4-6-11-18/h4-8,10-12,14,17,26H,3,9,13,15-16H2,1-2H3,(H,23,25)/b24-20-. The number of oxime groups is 1. The second-order valence-corrected chi connectivity index (χ2v) is 6.50. The maximum Gasteiger partial charge on any atom is 0.257 e. The number of para-hydroxylation sites is 1. The van der Waals surface area contributed by atoms with E-state index in [1.807, 2.05) is 54.6 Å². The Balaban J connectivity index is 1.74. The Kier molecular flexibility index (Phi) is 8.36. The summed E-state index contributed by atoms with van der Waals surface area (Å²) in [5.74, 6) is 0.996. The van der Waals surface area contributed by atoms with E-state index in [4.69, 9.17) is 9.94 Å². The van der Waals surface area contributed by atoms with Crippen LogP contribution in [0.4, 0.5) is 0 Å². The number of rotatable bonds is 10. The van der Waals surface area contributed by atoms with Crippen LogP contribution in [0.1, 0.15) is 50.2 Å². The lowest BCUT2D eigenvalue weighted by atomic mass is 9.98. The zero-order valence-corrected chi connectivity index (χ0v) is 16.0. The molecule has 2 N–H and O–H groups in total. The topological polar surface area (TPSA) is 70.9 Å². The molecular weight excluding hydrogens is 340 g/mol. The van der Waals surface area contributed by atoms with Crippen molar-refractivity contribution in [2.24, 2.45) is 5.16 Å². The van der Waals surface area contributed by atoms with Crippen molar-refractivity contribution in [1.82, 2.24) is 5.32 Å². The maximum absolute atomic E-state index is 12.0. The molecule has 0 radical (unpaired) electrons. The molecule has 1 amide bonds. The summed E-state index contributed by atoms with van der Waals surface area (Å²) in [7, 11) is 0. The Morgan fingerprint density at radius 1 is 1.15 bits per heavy atom. The van der Waals surface area contributed by atoms with Gasteiger partial charge in [0.25, 0.3) is 5.91 Å². The molecular formula is C22H28N2O3. The molecule has 2 rings (SSSR count). The Labute approximate surface area is 161 Å². The number of carbonyl (C=O) groups excluding carboxylic acids is 1. The van der Waals surface area contributed by atoms with Gasteiger partial charge in [0.1, 0.15) is 5.75 Å². The number of amides is 1. The van der Waals surface area contributed by atoms with Gasteiger partial charge in [-0.3, -0.25) is 4.79 Å². The van der Waals surface area contributed by atoms with Crippen LogP contribution in [0.25, 0.3) is 0 Å². The highest BCUT2D eigenvalue weighted by Gasteiger charge is 2.11. The minimum Gasteiger partial charge on any atom is -0.483 e. The van der Waals surface area contributed by atoms with Gasteiger partial charge < -0.3 is 15.3 Å². The highest BCUT2D eigenvalue weighted by molar-refractivity contribution is 6.00. The molecule has 27 heavy (non-hydrogen) atoms. The Bertz CT molecular complexity index is 744. The molecule has 5 heteroatoms. The number of benzene rings is 2. The first kappa shape index (κ1) is 20.5. The van der Waals surface area contributed by atoms with Crippen LogP contribution in [0, 0.1) is 0 Å². The summed E-state index contributed by atoms with van der Waals surface area (Å²) in [4.78, 5) is 12.0. The van der Waals surface area contributed by atoms with Crippen LogP contribution in [0.3, 0.4) is 0 Å². The molecule has 0 fully saturated rings. The van der Waals surface area contributed by atoms with E-state index in [-0.39, 0.29) is 12.5 Å². The van der Waals surface area contributed by atoms with E-state index in [1.165, 1.54) is 0 Å². The minimum absolute atomic E-state index is 0.00687. The monoisotopic (exact) mass is 368 g/mol. The van der Waals surface area contributed by atoms with Crippen molar-refractivity contribution in [2.45, 2.75) is 39.0 Å². The van der Waals surface area contributed by atoms with Crippen molar-refractivity contribution in [1.29, 1.82) is 0 Å². The lowest BCUT2D eigenvalue weighted by Crippen LogP contribution is -2.30. The fourth-order valence-corrected chi connectivity index (χ4v) is 2.80. The first-order valence-electron chi connectivity index (χ1n) is 9.40. The molecule has 0 aromatic heterocycles. The Hall–Kier alpha value is -2.82. The molecule has 0 aliphatic heterocycles. The van der Waals surface area contributed by atoms with E-state index in [0.717, 1.165) is 23.3 Å². The van der Waals surface area contributed by atoms with E-state index in [0.29, 0.717) is 31.0 Å². The number of ether oxygens (including phenoxy) is 1. The summed E-state index contributed by atoms with van der Waals surface area (Å²) >= 11 is 0. The molecule has 0 heterocycles. The molecule has 1 unspecified atom stereocenters.